The summed E-state index contributed by atoms with van der Waals surface area (Å²) in [6.07, 6.45) is 1.88. The predicted octanol–water partition coefficient (Wildman–Crippen LogP) is 4.29. The Hall–Kier alpha value is -0.390. The summed E-state index contributed by atoms with van der Waals surface area (Å²) in [6.45, 7) is 4.09. The van der Waals surface area contributed by atoms with E-state index >= 15 is 0 Å². The molecule has 18 heavy (non-hydrogen) atoms. The zero-order valence-electron chi connectivity index (χ0n) is 10.3. The van der Waals surface area contributed by atoms with Crippen molar-refractivity contribution < 1.29 is 4.79 Å². The zero-order chi connectivity index (χ0) is 13.3. The van der Waals surface area contributed by atoms with Gasteiger partial charge in [-0.3, -0.25) is 9.69 Å². The third-order valence-electron chi connectivity index (χ3n) is 2.87. The van der Waals surface area contributed by atoms with Crippen LogP contribution in [0.15, 0.2) is 22.7 Å². The summed E-state index contributed by atoms with van der Waals surface area (Å²) in [7, 11) is 0. The summed E-state index contributed by atoms with van der Waals surface area (Å²) in [6, 6.07) is 5.87. The molecule has 0 bridgehead atoms. The van der Waals surface area contributed by atoms with Crippen LogP contribution in [0.2, 0.25) is 0 Å². The maximum absolute atomic E-state index is 12.3. The van der Waals surface area contributed by atoms with Gasteiger partial charge in [0.25, 0.3) is 0 Å². The number of anilines is 1. The second-order valence-corrected chi connectivity index (χ2v) is 6.96. The molecule has 1 aromatic rings. The van der Waals surface area contributed by atoms with Crippen LogP contribution >= 0.6 is 39.9 Å². The molecule has 1 saturated heterocycles. The minimum atomic E-state index is -0.00791. The van der Waals surface area contributed by atoms with Crippen molar-refractivity contribution in [3.63, 3.8) is 0 Å². The number of carbonyl (C=O) groups is 1. The minimum absolute atomic E-state index is 0.00791. The van der Waals surface area contributed by atoms with Crippen LogP contribution in [-0.2, 0) is 4.79 Å². The van der Waals surface area contributed by atoms with Crippen LogP contribution in [0.5, 0.6) is 0 Å². The molecule has 2 nitrogen and oxygen atoms in total. The summed E-state index contributed by atoms with van der Waals surface area (Å²) in [4.78, 5) is 14.0. The monoisotopic (exact) mass is 343 g/mol. The zero-order valence-corrected chi connectivity index (χ0v) is 13.5. The van der Waals surface area contributed by atoms with E-state index in [2.05, 4.69) is 22.9 Å². The van der Waals surface area contributed by atoms with Crippen molar-refractivity contribution in [1.29, 1.82) is 0 Å². The molecule has 0 aliphatic carbocycles. The number of aryl methyl sites for hydroxylation is 1. The van der Waals surface area contributed by atoms with E-state index in [1.807, 2.05) is 25.1 Å². The van der Waals surface area contributed by atoms with Crippen molar-refractivity contribution in [2.24, 2.45) is 0 Å². The Kier molecular flexibility index (Phi) is 4.45. The minimum Gasteiger partial charge on any atom is -0.273 e. The van der Waals surface area contributed by atoms with Gasteiger partial charge in [0.2, 0.25) is 5.91 Å². The first-order valence-electron chi connectivity index (χ1n) is 5.85. The lowest BCUT2D eigenvalue weighted by atomic mass is 10.2. The number of halogens is 1. The molecule has 0 aromatic heterocycles. The third kappa shape index (κ3) is 2.63. The third-order valence-corrected chi connectivity index (χ3v) is 5.34. The second kappa shape index (κ2) is 5.72. The SMILES string of the molecule is CCCC1SC(=S)N(c2ccc(Br)c(C)c2)C1=O. The van der Waals surface area contributed by atoms with Gasteiger partial charge in [0.15, 0.2) is 0 Å². The molecule has 1 aliphatic heterocycles. The number of thioether (sulfide) groups is 1. The van der Waals surface area contributed by atoms with E-state index in [4.69, 9.17) is 12.2 Å². The first kappa shape index (κ1) is 14.0. The van der Waals surface area contributed by atoms with E-state index in [9.17, 15) is 4.79 Å². The van der Waals surface area contributed by atoms with Crippen LogP contribution in [-0.4, -0.2) is 15.5 Å². The number of hydrogen-bond acceptors (Lipinski definition) is 3. The Morgan fingerprint density at radius 3 is 2.83 bits per heavy atom. The molecule has 0 N–H and O–H groups in total. The van der Waals surface area contributed by atoms with Gasteiger partial charge in [-0.05, 0) is 37.1 Å². The first-order valence-corrected chi connectivity index (χ1v) is 7.93. The number of nitrogens with zero attached hydrogens (tertiary/aromatic N) is 1. The van der Waals surface area contributed by atoms with Gasteiger partial charge < -0.3 is 0 Å². The number of carbonyl (C=O) groups excluding carboxylic acids is 1. The lowest BCUT2D eigenvalue weighted by Crippen LogP contribution is -2.31. The molecule has 0 spiro atoms. The van der Waals surface area contributed by atoms with Crippen LogP contribution in [0.3, 0.4) is 0 Å². The molecule has 1 aliphatic rings. The van der Waals surface area contributed by atoms with Gasteiger partial charge in [-0.2, -0.15) is 0 Å². The number of hydrogen-bond donors (Lipinski definition) is 0. The average Bonchev–Trinajstić information content (AvgIpc) is 2.59. The Morgan fingerprint density at radius 1 is 1.50 bits per heavy atom. The topological polar surface area (TPSA) is 20.3 Å². The van der Waals surface area contributed by atoms with Gasteiger partial charge in [0, 0.05) is 4.47 Å². The molecular formula is C13H14BrNOS2. The number of amides is 1. The fraction of sp³-hybridized carbons (Fsp3) is 0.385. The van der Waals surface area contributed by atoms with Crippen molar-refractivity contribution >= 4 is 55.8 Å². The van der Waals surface area contributed by atoms with E-state index in [-0.39, 0.29) is 11.2 Å². The van der Waals surface area contributed by atoms with Crippen LogP contribution in [0.1, 0.15) is 25.3 Å². The molecule has 2 rings (SSSR count). The van der Waals surface area contributed by atoms with Crippen LogP contribution in [0.25, 0.3) is 0 Å². The molecule has 0 saturated carbocycles. The van der Waals surface area contributed by atoms with Gasteiger partial charge in [0.05, 0.1) is 10.9 Å². The molecule has 1 unspecified atom stereocenters. The number of thiocarbonyl (C=S) groups is 1. The van der Waals surface area contributed by atoms with Crippen LogP contribution in [0.4, 0.5) is 5.69 Å². The summed E-state index contributed by atoms with van der Waals surface area (Å²) >= 11 is 10.3. The Morgan fingerprint density at radius 2 is 2.22 bits per heavy atom. The molecule has 1 heterocycles. The first-order chi connectivity index (χ1) is 8.54. The average molecular weight is 344 g/mol. The van der Waals surface area contributed by atoms with E-state index in [1.165, 1.54) is 11.8 Å². The van der Waals surface area contributed by atoms with E-state index in [0.717, 1.165) is 28.6 Å². The molecule has 1 amide bonds. The lowest BCUT2D eigenvalue weighted by Gasteiger charge is -2.16. The van der Waals surface area contributed by atoms with Crippen molar-refractivity contribution in [3.8, 4) is 0 Å². The number of benzene rings is 1. The highest BCUT2D eigenvalue weighted by Gasteiger charge is 2.37. The van der Waals surface area contributed by atoms with E-state index in [1.54, 1.807) is 4.90 Å². The fourth-order valence-corrected chi connectivity index (χ4v) is 3.80. The molecule has 1 fully saturated rings. The Labute approximate surface area is 125 Å². The quantitative estimate of drug-likeness (QED) is 0.763. The molecule has 5 heteroatoms. The summed E-state index contributed by atoms with van der Waals surface area (Å²) < 4.78 is 1.71. The predicted molar refractivity (Wildman–Crippen MR) is 85.3 cm³/mol. The molecular weight excluding hydrogens is 330 g/mol. The highest BCUT2D eigenvalue weighted by atomic mass is 79.9. The maximum atomic E-state index is 12.3. The summed E-state index contributed by atoms with van der Waals surface area (Å²) in [5.41, 5.74) is 1.98. The lowest BCUT2D eigenvalue weighted by molar-refractivity contribution is -0.117. The number of rotatable bonds is 3. The van der Waals surface area contributed by atoms with Crippen molar-refractivity contribution in [2.75, 3.05) is 4.90 Å². The van der Waals surface area contributed by atoms with Crippen LogP contribution < -0.4 is 4.90 Å². The fourth-order valence-electron chi connectivity index (χ4n) is 1.90. The second-order valence-electron chi connectivity index (χ2n) is 4.27. The van der Waals surface area contributed by atoms with Gasteiger partial charge in [-0.15, -0.1) is 0 Å². The van der Waals surface area contributed by atoms with Gasteiger partial charge in [0.1, 0.15) is 4.32 Å². The van der Waals surface area contributed by atoms with Crippen molar-refractivity contribution in [2.45, 2.75) is 31.9 Å². The summed E-state index contributed by atoms with van der Waals surface area (Å²) in [5.74, 6) is 0.119. The molecule has 1 atom stereocenters. The van der Waals surface area contributed by atoms with Crippen molar-refractivity contribution in [1.82, 2.24) is 0 Å². The highest BCUT2D eigenvalue weighted by molar-refractivity contribution is 9.10. The van der Waals surface area contributed by atoms with Crippen molar-refractivity contribution in [3.05, 3.63) is 28.2 Å². The maximum Gasteiger partial charge on any atom is 0.246 e. The van der Waals surface area contributed by atoms with E-state index < -0.39 is 0 Å². The summed E-state index contributed by atoms with van der Waals surface area (Å²) in [5, 5.41) is -0.00791. The molecule has 96 valence electrons. The normalized spacial score (nSPS) is 19.7. The van der Waals surface area contributed by atoms with Gasteiger partial charge >= 0.3 is 0 Å². The van der Waals surface area contributed by atoms with E-state index in [0.29, 0.717) is 4.32 Å². The Balaban J connectivity index is 2.30. The largest absolute Gasteiger partial charge is 0.273 e. The standard InChI is InChI=1S/C13H14BrNOS2/c1-3-4-11-12(16)15(13(17)18-11)9-5-6-10(14)8(2)7-9/h5-7,11H,3-4H2,1-2H3. The van der Waals surface area contributed by atoms with Crippen LogP contribution in [0, 0.1) is 6.92 Å². The molecule has 0 radical (unpaired) electrons. The smallest absolute Gasteiger partial charge is 0.246 e. The van der Waals surface area contributed by atoms with Gasteiger partial charge in [-0.25, -0.2) is 0 Å². The molecule has 1 aromatic carbocycles. The Bertz CT molecular complexity index is 504. The highest BCUT2D eigenvalue weighted by Crippen LogP contribution is 2.35. The van der Waals surface area contributed by atoms with Gasteiger partial charge in [-0.1, -0.05) is 53.3 Å².